The first-order valence-electron chi connectivity index (χ1n) is 5.75. The van der Waals surface area contributed by atoms with E-state index >= 15 is 0 Å². The lowest BCUT2D eigenvalue weighted by Crippen LogP contribution is -2.33. The van der Waals surface area contributed by atoms with Crippen LogP contribution in [0.3, 0.4) is 0 Å². The van der Waals surface area contributed by atoms with E-state index in [1.54, 1.807) is 36.3 Å². The van der Waals surface area contributed by atoms with Gasteiger partial charge in [0.1, 0.15) is 5.15 Å². The molecule has 0 spiro atoms. The van der Waals surface area contributed by atoms with Crippen LogP contribution in [0.25, 0.3) is 0 Å². The average Bonchev–Trinajstić information content (AvgIpc) is 2.90. The van der Waals surface area contributed by atoms with Crippen molar-refractivity contribution in [1.82, 2.24) is 14.7 Å². The Morgan fingerprint density at radius 3 is 2.90 bits per heavy atom. The van der Waals surface area contributed by atoms with E-state index < -0.39 is 10.1 Å². The van der Waals surface area contributed by atoms with E-state index in [-0.39, 0.29) is 5.25 Å². The molecule has 5 nitrogen and oxygen atoms in total. The van der Waals surface area contributed by atoms with Crippen LogP contribution in [0.5, 0.6) is 0 Å². The summed E-state index contributed by atoms with van der Waals surface area (Å²) in [6, 6.07) is 3.43. The molecule has 2 aromatic heterocycles. The van der Waals surface area contributed by atoms with Gasteiger partial charge in [-0.2, -0.15) is 5.26 Å². The summed E-state index contributed by atoms with van der Waals surface area (Å²) in [5.74, 6) is 0. The molecule has 0 aromatic carbocycles. The minimum Gasteiger partial charge on any atom is -0.265 e. The lowest BCUT2D eigenvalue weighted by Gasteiger charge is -2.27. The molecule has 2 aromatic rings. The SMILES string of the molecule is C[SH](=O)(NC#N)C(Cc1cscn1)c1ccc(Cl)nc1. The first kappa shape index (κ1) is 14.9. The molecular formula is C12H13ClN4OS2. The van der Waals surface area contributed by atoms with Gasteiger partial charge in [-0.15, -0.1) is 11.3 Å². The largest absolute Gasteiger partial charge is 0.265 e. The number of hydrogen-bond acceptors (Lipinski definition) is 5. The second-order valence-electron chi connectivity index (χ2n) is 4.33. The Bertz CT molecular complexity index is 651. The Kier molecular flexibility index (Phi) is 4.70. The number of rotatable bonds is 5. The van der Waals surface area contributed by atoms with Crippen LogP contribution in [-0.4, -0.2) is 20.4 Å². The Labute approximate surface area is 127 Å². The molecule has 0 aliphatic carbocycles. The highest BCUT2D eigenvalue weighted by Gasteiger charge is 2.25. The molecule has 20 heavy (non-hydrogen) atoms. The number of nitriles is 1. The van der Waals surface area contributed by atoms with E-state index in [4.69, 9.17) is 16.9 Å². The smallest absolute Gasteiger partial charge is 0.187 e. The van der Waals surface area contributed by atoms with E-state index in [0.717, 1.165) is 11.3 Å². The summed E-state index contributed by atoms with van der Waals surface area (Å²) in [5, 5.41) is 10.7. The van der Waals surface area contributed by atoms with Crippen molar-refractivity contribution < 1.29 is 4.21 Å². The summed E-state index contributed by atoms with van der Waals surface area (Å²) in [6.45, 7) is 0. The maximum absolute atomic E-state index is 12.7. The normalized spacial score (nSPS) is 13.4. The van der Waals surface area contributed by atoms with Crippen LogP contribution in [0.15, 0.2) is 29.2 Å². The minimum absolute atomic E-state index is 0.367. The lowest BCUT2D eigenvalue weighted by atomic mass is 10.1. The molecule has 0 radical (unpaired) electrons. The molecule has 2 heterocycles. The van der Waals surface area contributed by atoms with Crippen molar-refractivity contribution in [2.75, 3.05) is 6.26 Å². The highest BCUT2D eigenvalue weighted by atomic mass is 35.5. The molecule has 8 heteroatoms. The fourth-order valence-electron chi connectivity index (χ4n) is 1.87. The Balaban J connectivity index is 2.36. The topological polar surface area (TPSA) is 78.7 Å². The first-order valence-corrected chi connectivity index (χ1v) is 9.29. The van der Waals surface area contributed by atoms with Gasteiger partial charge in [-0.05, 0) is 21.7 Å². The second-order valence-corrected chi connectivity index (χ2v) is 8.26. The van der Waals surface area contributed by atoms with E-state index in [1.165, 1.54) is 11.3 Å². The zero-order valence-corrected chi connectivity index (χ0v) is 13.1. The number of pyridine rings is 1. The summed E-state index contributed by atoms with van der Waals surface area (Å²) in [5.41, 5.74) is 3.35. The van der Waals surface area contributed by atoms with E-state index in [0.29, 0.717) is 11.6 Å². The van der Waals surface area contributed by atoms with Crippen molar-refractivity contribution in [3.05, 3.63) is 45.6 Å². The summed E-state index contributed by atoms with van der Waals surface area (Å²) in [7, 11) is -2.91. The monoisotopic (exact) mass is 328 g/mol. The van der Waals surface area contributed by atoms with Gasteiger partial charge in [0.05, 0.1) is 16.5 Å². The number of nitrogens with one attached hydrogen (secondary N) is 1. The van der Waals surface area contributed by atoms with Crippen molar-refractivity contribution in [3.63, 3.8) is 0 Å². The number of hydrogen-bond donors (Lipinski definition) is 2. The van der Waals surface area contributed by atoms with Crippen molar-refractivity contribution in [2.24, 2.45) is 0 Å². The minimum atomic E-state index is -2.91. The van der Waals surface area contributed by atoms with Crippen LogP contribution >= 0.6 is 22.9 Å². The van der Waals surface area contributed by atoms with Crippen LogP contribution in [0, 0.1) is 11.5 Å². The van der Waals surface area contributed by atoms with Gasteiger partial charge in [0.25, 0.3) is 0 Å². The lowest BCUT2D eigenvalue weighted by molar-refractivity contribution is 0.654. The Morgan fingerprint density at radius 2 is 2.35 bits per heavy atom. The second kappa shape index (κ2) is 6.31. The molecule has 0 amide bonds. The zero-order valence-electron chi connectivity index (χ0n) is 10.7. The third-order valence-electron chi connectivity index (χ3n) is 2.89. The molecule has 1 unspecified atom stereocenters. The first-order chi connectivity index (χ1) is 9.53. The molecule has 2 rings (SSSR count). The maximum atomic E-state index is 12.7. The molecule has 0 saturated heterocycles. The molecule has 0 bridgehead atoms. The molecular weight excluding hydrogens is 316 g/mol. The maximum Gasteiger partial charge on any atom is 0.187 e. The Morgan fingerprint density at radius 1 is 1.55 bits per heavy atom. The predicted molar refractivity (Wildman–Crippen MR) is 82.0 cm³/mol. The van der Waals surface area contributed by atoms with Crippen molar-refractivity contribution in [3.8, 4) is 6.19 Å². The number of thiol groups is 1. The molecule has 0 saturated carbocycles. The molecule has 0 aliphatic heterocycles. The van der Waals surface area contributed by atoms with Crippen molar-refractivity contribution >= 4 is 33.1 Å². The van der Waals surface area contributed by atoms with Crippen molar-refractivity contribution in [1.29, 1.82) is 5.26 Å². The van der Waals surface area contributed by atoms with Crippen LogP contribution in [0.4, 0.5) is 0 Å². The number of halogens is 1. The fourth-order valence-corrected chi connectivity index (χ4v) is 4.17. The zero-order chi connectivity index (χ0) is 14.6. The van der Waals surface area contributed by atoms with Gasteiger partial charge in [-0.25, -0.2) is 9.97 Å². The number of aromatic nitrogens is 2. The van der Waals surface area contributed by atoms with Gasteiger partial charge < -0.3 is 0 Å². The van der Waals surface area contributed by atoms with Gasteiger partial charge in [-0.3, -0.25) is 8.93 Å². The van der Waals surface area contributed by atoms with Gasteiger partial charge in [0, 0.05) is 24.3 Å². The van der Waals surface area contributed by atoms with Crippen LogP contribution in [-0.2, 0) is 16.5 Å². The molecule has 106 valence electrons. The molecule has 1 N–H and O–H groups in total. The Hall–Kier alpha value is -1.49. The molecule has 0 aliphatic rings. The van der Waals surface area contributed by atoms with Crippen LogP contribution < -0.4 is 4.72 Å². The van der Waals surface area contributed by atoms with Crippen LogP contribution in [0.2, 0.25) is 5.15 Å². The van der Waals surface area contributed by atoms with Crippen molar-refractivity contribution in [2.45, 2.75) is 11.7 Å². The van der Waals surface area contributed by atoms with Gasteiger partial charge in [-0.1, -0.05) is 17.7 Å². The van der Waals surface area contributed by atoms with E-state index in [9.17, 15) is 4.21 Å². The molecule has 1 atom stereocenters. The van der Waals surface area contributed by atoms with Crippen LogP contribution in [0.1, 0.15) is 16.5 Å². The fraction of sp³-hybridized carbons (Fsp3) is 0.250. The van der Waals surface area contributed by atoms with Gasteiger partial charge in [0.15, 0.2) is 6.19 Å². The third-order valence-corrected chi connectivity index (χ3v) is 5.96. The van der Waals surface area contributed by atoms with E-state index in [1.807, 2.05) is 5.38 Å². The quantitative estimate of drug-likeness (QED) is 0.381. The highest BCUT2D eigenvalue weighted by Crippen LogP contribution is 2.29. The predicted octanol–water partition coefficient (Wildman–Crippen LogP) is 2.11. The van der Waals surface area contributed by atoms with Gasteiger partial charge >= 0.3 is 0 Å². The third kappa shape index (κ3) is 3.54. The highest BCUT2D eigenvalue weighted by molar-refractivity contribution is 8.00. The summed E-state index contributed by atoms with van der Waals surface area (Å²) in [6.07, 6.45) is 5.40. The number of thiazole rings is 1. The average molecular weight is 329 g/mol. The summed E-state index contributed by atoms with van der Waals surface area (Å²) >= 11 is 7.26. The van der Waals surface area contributed by atoms with Gasteiger partial charge in [0.2, 0.25) is 0 Å². The van der Waals surface area contributed by atoms with E-state index in [2.05, 4.69) is 14.7 Å². The summed E-state index contributed by atoms with van der Waals surface area (Å²) in [4.78, 5) is 8.23. The number of nitrogens with zero attached hydrogens (tertiary/aromatic N) is 3. The molecule has 0 fully saturated rings. The summed E-state index contributed by atoms with van der Waals surface area (Å²) < 4.78 is 15.1. The standard InChI is InChI=1S/C12H13ClN4OS2/c1-20(18,17-7-14)11(4-10-6-19-8-16-10)9-2-3-12(13)15-5-9/h2-3,5-6,8,11,20H,4H2,1H3,(H,17,18).